The summed E-state index contributed by atoms with van der Waals surface area (Å²) in [5.74, 6) is 0. The first-order valence-corrected chi connectivity index (χ1v) is 5.41. The third-order valence-corrected chi connectivity index (χ3v) is 3.21. The van der Waals surface area contributed by atoms with E-state index in [1.54, 1.807) is 0 Å². The Labute approximate surface area is 76.5 Å². The van der Waals surface area contributed by atoms with Crippen molar-refractivity contribution >= 4 is 0 Å². The van der Waals surface area contributed by atoms with Crippen molar-refractivity contribution in [3.63, 3.8) is 0 Å². The van der Waals surface area contributed by atoms with Crippen LogP contribution < -0.4 is 0 Å². The Balaban J connectivity index is 2.37. The lowest BCUT2D eigenvalue weighted by Crippen LogP contribution is -2.31. The Bertz CT molecular complexity index is 114. The van der Waals surface area contributed by atoms with Gasteiger partial charge in [-0.05, 0) is 31.1 Å². The molecule has 0 spiro atoms. The van der Waals surface area contributed by atoms with Crippen LogP contribution in [0.1, 0.15) is 52.4 Å². The monoisotopic (exact) mass is 170 g/mol. The minimum Gasteiger partial charge on any atom is -0.381 e. The zero-order valence-electron chi connectivity index (χ0n) is 8.57. The van der Waals surface area contributed by atoms with E-state index in [1.165, 1.54) is 38.5 Å². The maximum atomic E-state index is 5.57. The molecule has 1 heteroatoms. The van der Waals surface area contributed by atoms with E-state index >= 15 is 0 Å². The summed E-state index contributed by atoms with van der Waals surface area (Å²) in [4.78, 5) is 0. The number of ether oxygens (including phenoxy) is 1. The SMILES string of the molecule is CCCCC1(CC)CCCOC1. The Morgan fingerprint density at radius 3 is 2.67 bits per heavy atom. The van der Waals surface area contributed by atoms with Gasteiger partial charge in [-0.25, -0.2) is 0 Å². The second-order valence-electron chi connectivity index (χ2n) is 4.11. The van der Waals surface area contributed by atoms with Crippen molar-refractivity contribution in [2.75, 3.05) is 13.2 Å². The second-order valence-corrected chi connectivity index (χ2v) is 4.11. The van der Waals surface area contributed by atoms with Gasteiger partial charge < -0.3 is 4.74 Å². The highest BCUT2D eigenvalue weighted by molar-refractivity contribution is 4.80. The Morgan fingerprint density at radius 1 is 1.33 bits per heavy atom. The summed E-state index contributed by atoms with van der Waals surface area (Å²) < 4.78 is 5.57. The summed E-state index contributed by atoms with van der Waals surface area (Å²) >= 11 is 0. The van der Waals surface area contributed by atoms with Crippen LogP contribution in [0.15, 0.2) is 0 Å². The summed E-state index contributed by atoms with van der Waals surface area (Å²) in [6.45, 7) is 6.59. The van der Waals surface area contributed by atoms with Crippen molar-refractivity contribution in [1.82, 2.24) is 0 Å². The smallest absolute Gasteiger partial charge is 0.0522 e. The number of hydrogen-bond donors (Lipinski definition) is 0. The summed E-state index contributed by atoms with van der Waals surface area (Å²) in [6, 6.07) is 0. The van der Waals surface area contributed by atoms with Crippen LogP contribution in [0.2, 0.25) is 0 Å². The minimum absolute atomic E-state index is 0.550. The Morgan fingerprint density at radius 2 is 2.17 bits per heavy atom. The third kappa shape index (κ3) is 2.48. The fraction of sp³-hybridized carbons (Fsp3) is 1.00. The number of hydrogen-bond acceptors (Lipinski definition) is 1. The molecule has 0 saturated carbocycles. The van der Waals surface area contributed by atoms with Gasteiger partial charge in [-0.3, -0.25) is 0 Å². The third-order valence-electron chi connectivity index (χ3n) is 3.21. The molecule has 0 N–H and O–H groups in total. The summed E-state index contributed by atoms with van der Waals surface area (Å²) in [7, 11) is 0. The highest BCUT2D eigenvalue weighted by Gasteiger charge is 2.29. The first-order valence-electron chi connectivity index (χ1n) is 5.41. The normalized spacial score (nSPS) is 30.5. The standard InChI is InChI=1S/C11H22O/c1-3-5-7-11(4-2)8-6-9-12-10-11/h3-10H2,1-2H3. The van der Waals surface area contributed by atoms with Gasteiger partial charge in [-0.15, -0.1) is 0 Å². The van der Waals surface area contributed by atoms with E-state index in [0.717, 1.165) is 13.2 Å². The molecule has 0 aromatic carbocycles. The van der Waals surface area contributed by atoms with E-state index in [1.807, 2.05) is 0 Å². The van der Waals surface area contributed by atoms with Gasteiger partial charge in [0, 0.05) is 6.61 Å². The second kappa shape index (κ2) is 4.86. The zero-order chi connectivity index (χ0) is 8.86. The topological polar surface area (TPSA) is 9.23 Å². The Hall–Kier alpha value is -0.0400. The van der Waals surface area contributed by atoms with Gasteiger partial charge in [0.25, 0.3) is 0 Å². The quantitative estimate of drug-likeness (QED) is 0.628. The molecule has 1 rings (SSSR count). The van der Waals surface area contributed by atoms with E-state index in [9.17, 15) is 0 Å². The molecule has 1 atom stereocenters. The van der Waals surface area contributed by atoms with Crippen molar-refractivity contribution in [2.24, 2.45) is 5.41 Å². The van der Waals surface area contributed by atoms with Gasteiger partial charge in [-0.2, -0.15) is 0 Å². The van der Waals surface area contributed by atoms with Crippen molar-refractivity contribution in [1.29, 1.82) is 0 Å². The average molecular weight is 170 g/mol. The zero-order valence-corrected chi connectivity index (χ0v) is 8.57. The van der Waals surface area contributed by atoms with Gasteiger partial charge in [0.15, 0.2) is 0 Å². The number of rotatable bonds is 4. The van der Waals surface area contributed by atoms with Gasteiger partial charge in [0.1, 0.15) is 0 Å². The molecule has 0 aromatic rings. The van der Waals surface area contributed by atoms with Gasteiger partial charge >= 0.3 is 0 Å². The highest BCUT2D eigenvalue weighted by atomic mass is 16.5. The van der Waals surface area contributed by atoms with Crippen molar-refractivity contribution in [2.45, 2.75) is 52.4 Å². The molecule has 1 aliphatic heterocycles. The van der Waals surface area contributed by atoms with E-state index < -0.39 is 0 Å². The first kappa shape index (κ1) is 10.0. The lowest BCUT2D eigenvalue weighted by atomic mass is 9.76. The van der Waals surface area contributed by atoms with Crippen LogP contribution in [-0.2, 0) is 4.74 Å². The average Bonchev–Trinajstić information content (AvgIpc) is 2.16. The van der Waals surface area contributed by atoms with Crippen LogP contribution in [0.3, 0.4) is 0 Å². The molecule has 1 heterocycles. The van der Waals surface area contributed by atoms with Crippen LogP contribution in [-0.4, -0.2) is 13.2 Å². The summed E-state index contributed by atoms with van der Waals surface area (Å²) in [5.41, 5.74) is 0.550. The predicted octanol–water partition coefficient (Wildman–Crippen LogP) is 3.38. The molecule has 0 aromatic heterocycles. The molecular weight excluding hydrogens is 148 g/mol. The number of unbranched alkanes of at least 4 members (excludes halogenated alkanes) is 1. The highest BCUT2D eigenvalue weighted by Crippen LogP contribution is 2.36. The maximum absolute atomic E-state index is 5.57. The lowest BCUT2D eigenvalue weighted by molar-refractivity contribution is -0.0159. The molecule has 1 saturated heterocycles. The van der Waals surface area contributed by atoms with E-state index in [4.69, 9.17) is 4.74 Å². The van der Waals surface area contributed by atoms with Crippen LogP contribution in [0.4, 0.5) is 0 Å². The van der Waals surface area contributed by atoms with Crippen molar-refractivity contribution < 1.29 is 4.74 Å². The van der Waals surface area contributed by atoms with Crippen molar-refractivity contribution in [3.05, 3.63) is 0 Å². The molecule has 1 aliphatic rings. The van der Waals surface area contributed by atoms with Crippen molar-refractivity contribution in [3.8, 4) is 0 Å². The molecule has 72 valence electrons. The van der Waals surface area contributed by atoms with Crippen LogP contribution in [0, 0.1) is 5.41 Å². The van der Waals surface area contributed by atoms with Crippen LogP contribution in [0.25, 0.3) is 0 Å². The molecule has 0 bridgehead atoms. The van der Waals surface area contributed by atoms with Crippen LogP contribution in [0.5, 0.6) is 0 Å². The fourth-order valence-corrected chi connectivity index (χ4v) is 2.11. The first-order chi connectivity index (χ1) is 5.83. The Kier molecular flexibility index (Phi) is 4.07. The molecule has 0 aliphatic carbocycles. The summed E-state index contributed by atoms with van der Waals surface area (Å²) in [6.07, 6.45) is 8.03. The maximum Gasteiger partial charge on any atom is 0.0522 e. The predicted molar refractivity (Wildman–Crippen MR) is 52.3 cm³/mol. The summed E-state index contributed by atoms with van der Waals surface area (Å²) in [5, 5.41) is 0. The molecular formula is C11H22O. The van der Waals surface area contributed by atoms with E-state index in [2.05, 4.69) is 13.8 Å². The molecule has 1 unspecified atom stereocenters. The lowest BCUT2D eigenvalue weighted by Gasteiger charge is -2.36. The largest absolute Gasteiger partial charge is 0.381 e. The molecule has 0 amide bonds. The van der Waals surface area contributed by atoms with Crippen LogP contribution >= 0.6 is 0 Å². The van der Waals surface area contributed by atoms with E-state index in [0.29, 0.717) is 5.41 Å². The molecule has 1 fully saturated rings. The fourth-order valence-electron chi connectivity index (χ4n) is 2.11. The van der Waals surface area contributed by atoms with Gasteiger partial charge in [0.2, 0.25) is 0 Å². The molecule has 0 radical (unpaired) electrons. The van der Waals surface area contributed by atoms with E-state index in [-0.39, 0.29) is 0 Å². The molecule has 1 nitrogen and oxygen atoms in total. The van der Waals surface area contributed by atoms with Gasteiger partial charge in [0.05, 0.1) is 6.61 Å². The molecule has 12 heavy (non-hydrogen) atoms. The minimum atomic E-state index is 0.550. The van der Waals surface area contributed by atoms with Gasteiger partial charge in [-0.1, -0.05) is 26.7 Å².